The molecule has 0 fully saturated rings. The van der Waals surface area contributed by atoms with Gasteiger partial charge in [0.2, 0.25) is 0 Å². The van der Waals surface area contributed by atoms with Crippen LogP contribution in [0.15, 0.2) is 72.8 Å². The molecular weight excluding hydrogens is 460 g/mol. The highest BCUT2D eigenvalue weighted by atomic mass is 32.1. The lowest BCUT2D eigenvalue weighted by atomic mass is 9.87. The fraction of sp³-hybridized carbons (Fsp3) is 0.185. The van der Waals surface area contributed by atoms with E-state index in [0.29, 0.717) is 22.4 Å². The fourth-order valence-electron chi connectivity index (χ4n) is 3.24. The van der Waals surface area contributed by atoms with Gasteiger partial charge in [-0.05, 0) is 78.1 Å². The number of carbonyl (C=O) groups excluding carboxylic acids is 3. The summed E-state index contributed by atoms with van der Waals surface area (Å²) in [5.74, 6) is -1.06. The second kappa shape index (κ2) is 10.9. The molecule has 0 aliphatic rings. The van der Waals surface area contributed by atoms with E-state index in [9.17, 15) is 14.4 Å². The Bertz CT molecular complexity index is 1250. The second-order valence-electron chi connectivity index (χ2n) is 9.04. The topological polar surface area (TPSA) is 99.3 Å². The van der Waals surface area contributed by atoms with Crippen molar-refractivity contribution in [1.82, 2.24) is 16.2 Å². The fourth-order valence-corrected chi connectivity index (χ4v) is 3.39. The number of carbonyl (C=O) groups is 3. The van der Waals surface area contributed by atoms with Crippen LogP contribution in [0.1, 0.15) is 63.0 Å². The maximum Gasteiger partial charge on any atom is 0.269 e. The first-order valence-corrected chi connectivity index (χ1v) is 11.4. The Morgan fingerprint density at radius 1 is 0.714 bits per heavy atom. The van der Waals surface area contributed by atoms with Gasteiger partial charge >= 0.3 is 0 Å². The van der Waals surface area contributed by atoms with E-state index in [1.165, 1.54) is 0 Å². The number of aryl methyl sites for hydroxylation is 1. The minimum Gasteiger partial charge on any atom is -0.322 e. The maximum absolute atomic E-state index is 12.5. The van der Waals surface area contributed by atoms with Crippen molar-refractivity contribution in [3.05, 3.63) is 101 Å². The lowest BCUT2D eigenvalue weighted by Gasteiger charge is -2.19. The average molecular weight is 489 g/mol. The van der Waals surface area contributed by atoms with Crippen LogP contribution >= 0.6 is 12.2 Å². The molecule has 3 amide bonds. The first kappa shape index (κ1) is 25.6. The molecule has 7 nitrogen and oxygen atoms in total. The molecule has 3 rings (SSSR count). The highest BCUT2D eigenvalue weighted by molar-refractivity contribution is 7.80. The lowest BCUT2D eigenvalue weighted by molar-refractivity contribution is 0.0934. The van der Waals surface area contributed by atoms with E-state index in [-0.39, 0.29) is 22.3 Å². The molecule has 4 N–H and O–H groups in total. The summed E-state index contributed by atoms with van der Waals surface area (Å²) in [6.45, 7) is 8.17. The van der Waals surface area contributed by atoms with Gasteiger partial charge in [0.1, 0.15) is 0 Å². The van der Waals surface area contributed by atoms with Crippen LogP contribution in [0.3, 0.4) is 0 Å². The van der Waals surface area contributed by atoms with Crippen molar-refractivity contribution in [2.24, 2.45) is 0 Å². The van der Waals surface area contributed by atoms with Crippen molar-refractivity contribution in [2.75, 3.05) is 5.32 Å². The van der Waals surface area contributed by atoms with E-state index in [1.807, 2.05) is 31.2 Å². The van der Waals surface area contributed by atoms with Gasteiger partial charge in [0.05, 0.1) is 0 Å². The van der Waals surface area contributed by atoms with E-state index in [4.69, 9.17) is 12.2 Å². The molecule has 3 aromatic carbocycles. The molecule has 0 heterocycles. The summed E-state index contributed by atoms with van der Waals surface area (Å²) in [4.78, 5) is 37.2. The van der Waals surface area contributed by atoms with E-state index in [1.54, 1.807) is 48.5 Å². The standard InChI is InChI=1S/C27H28N4O3S/c1-17-7-5-6-8-22(17)25(34)29-26(35)31-30-24(33)19-11-15-21(16-12-19)28-23(32)18-9-13-20(14-10-18)27(2,3)4/h5-16H,1-4H3,(H,28,32)(H,30,33)(H2,29,31,34,35). The zero-order chi connectivity index (χ0) is 25.6. The molecule has 0 saturated heterocycles. The smallest absolute Gasteiger partial charge is 0.269 e. The first-order valence-electron chi connectivity index (χ1n) is 11.0. The zero-order valence-electron chi connectivity index (χ0n) is 20.1. The van der Waals surface area contributed by atoms with Crippen molar-refractivity contribution in [3.63, 3.8) is 0 Å². The largest absolute Gasteiger partial charge is 0.322 e. The number of hydrogen-bond donors (Lipinski definition) is 4. The Kier molecular flexibility index (Phi) is 7.98. The molecule has 180 valence electrons. The summed E-state index contributed by atoms with van der Waals surface area (Å²) in [5, 5.41) is 5.31. The normalized spacial score (nSPS) is 10.7. The van der Waals surface area contributed by atoms with Crippen LogP contribution in [-0.2, 0) is 5.41 Å². The van der Waals surface area contributed by atoms with Gasteiger partial charge < -0.3 is 5.32 Å². The van der Waals surface area contributed by atoms with Gasteiger partial charge in [-0.2, -0.15) is 0 Å². The molecule has 0 unspecified atom stereocenters. The third kappa shape index (κ3) is 6.97. The van der Waals surface area contributed by atoms with Gasteiger partial charge in [-0.15, -0.1) is 0 Å². The van der Waals surface area contributed by atoms with Gasteiger partial charge in [0, 0.05) is 22.4 Å². The number of amides is 3. The van der Waals surface area contributed by atoms with Crippen molar-refractivity contribution >= 4 is 40.7 Å². The predicted octanol–water partition coefficient (Wildman–Crippen LogP) is 4.49. The number of anilines is 1. The summed E-state index contributed by atoms with van der Waals surface area (Å²) < 4.78 is 0. The second-order valence-corrected chi connectivity index (χ2v) is 9.44. The summed E-state index contributed by atoms with van der Waals surface area (Å²) in [7, 11) is 0. The molecule has 0 bridgehead atoms. The Morgan fingerprint density at radius 2 is 1.29 bits per heavy atom. The molecule has 0 atom stereocenters. The number of nitrogens with one attached hydrogen (secondary N) is 4. The van der Waals surface area contributed by atoms with Gasteiger partial charge in [-0.1, -0.05) is 51.1 Å². The third-order valence-corrected chi connectivity index (χ3v) is 5.53. The molecule has 0 aliphatic heterocycles. The van der Waals surface area contributed by atoms with Crippen LogP contribution in [-0.4, -0.2) is 22.8 Å². The molecule has 0 aliphatic carbocycles. The van der Waals surface area contributed by atoms with Crippen LogP contribution in [0.5, 0.6) is 0 Å². The maximum atomic E-state index is 12.5. The minimum absolute atomic E-state index is 0.0104. The van der Waals surface area contributed by atoms with Crippen LogP contribution in [0.2, 0.25) is 0 Å². The van der Waals surface area contributed by atoms with Gasteiger partial charge in [-0.25, -0.2) is 0 Å². The Morgan fingerprint density at radius 3 is 1.89 bits per heavy atom. The molecule has 8 heteroatoms. The molecule has 0 spiro atoms. The quantitative estimate of drug-likeness (QED) is 0.320. The van der Waals surface area contributed by atoms with Crippen molar-refractivity contribution in [2.45, 2.75) is 33.1 Å². The molecule has 0 saturated carbocycles. The zero-order valence-corrected chi connectivity index (χ0v) is 20.9. The molecule has 3 aromatic rings. The monoisotopic (exact) mass is 488 g/mol. The van der Waals surface area contributed by atoms with E-state index < -0.39 is 5.91 Å². The number of benzene rings is 3. The van der Waals surface area contributed by atoms with Crippen LogP contribution in [0, 0.1) is 6.92 Å². The predicted molar refractivity (Wildman–Crippen MR) is 141 cm³/mol. The summed E-state index contributed by atoms with van der Waals surface area (Å²) >= 11 is 5.08. The Hall–Kier alpha value is -4.04. The van der Waals surface area contributed by atoms with Gasteiger partial charge in [-0.3, -0.25) is 30.6 Å². The number of hydrogen-bond acceptors (Lipinski definition) is 4. The lowest BCUT2D eigenvalue weighted by Crippen LogP contribution is -2.48. The Balaban J connectivity index is 1.51. The van der Waals surface area contributed by atoms with Crippen molar-refractivity contribution in [3.8, 4) is 0 Å². The molecular formula is C27H28N4O3S. The van der Waals surface area contributed by atoms with Crippen LogP contribution in [0.25, 0.3) is 0 Å². The van der Waals surface area contributed by atoms with E-state index in [0.717, 1.165) is 11.1 Å². The summed E-state index contributed by atoms with van der Waals surface area (Å²) in [5.41, 5.74) is 8.86. The first-order chi connectivity index (χ1) is 16.5. The van der Waals surface area contributed by atoms with Gasteiger partial charge in [0.25, 0.3) is 17.7 Å². The third-order valence-electron chi connectivity index (χ3n) is 5.32. The molecule has 0 aromatic heterocycles. The number of thiocarbonyl (C=S) groups is 1. The summed E-state index contributed by atoms with van der Waals surface area (Å²) in [6.07, 6.45) is 0. The number of rotatable bonds is 4. The average Bonchev–Trinajstić information content (AvgIpc) is 2.82. The van der Waals surface area contributed by atoms with Crippen LogP contribution in [0.4, 0.5) is 5.69 Å². The molecule has 0 radical (unpaired) electrons. The van der Waals surface area contributed by atoms with Crippen LogP contribution < -0.4 is 21.5 Å². The summed E-state index contributed by atoms with van der Waals surface area (Å²) in [6, 6.07) is 21.0. The van der Waals surface area contributed by atoms with Crippen molar-refractivity contribution < 1.29 is 14.4 Å². The minimum atomic E-state index is -0.451. The Labute approximate surface area is 210 Å². The van der Waals surface area contributed by atoms with E-state index in [2.05, 4.69) is 42.3 Å². The van der Waals surface area contributed by atoms with E-state index >= 15 is 0 Å². The molecule has 35 heavy (non-hydrogen) atoms. The highest BCUT2D eigenvalue weighted by Gasteiger charge is 2.15. The van der Waals surface area contributed by atoms with Crippen molar-refractivity contribution in [1.29, 1.82) is 0 Å². The highest BCUT2D eigenvalue weighted by Crippen LogP contribution is 2.22. The number of hydrazine groups is 1. The SMILES string of the molecule is Cc1ccccc1C(=O)NC(=S)NNC(=O)c1ccc(NC(=O)c2ccc(C(C)(C)C)cc2)cc1. The van der Waals surface area contributed by atoms with Gasteiger partial charge in [0.15, 0.2) is 5.11 Å².